The number of nitrogens with zero attached hydrogens (tertiary/aromatic N) is 3. The fourth-order valence-corrected chi connectivity index (χ4v) is 2.44. The van der Waals surface area contributed by atoms with Crippen LogP contribution in [-0.4, -0.2) is 41.6 Å². The van der Waals surface area contributed by atoms with E-state index in [2.05, 4.69) is 20.2 Å². The van der Waals surface area contributed by atoms with Gasteiger partial charge in [0.2, 0.25) is 17.7 Å². The number of aromatic nitrogens is 2. The molecule has 1 amide bonds. The first-order valence-corrected chi connectivity index (χ1v) is 7.33. The first-order valence-electron chi connectivity index (χ1n) is 7.33. The molecule has 1 aliphatic rings. The molecule has 2 heterocycles. The minimum absolute atomic E-state index is 0.0206. The van der Waals surface area contributed by atoms with Gasteiger partial charge in [0.25, 0.3) is 0 Å². The summed E-state index contributed by atoms with van der Waals surface area (Å²) in [5.74, 6) is 1.26. The van der Waals surface area contributed by atoms with Crippen LogP contribution >= 0.6 is 0 Å². The van der Waals surface area contributed by atoms with E-state index < -0.39 is 0 Å². The smallest absolute Gasteiger partial charge is 0.228 e. The monoisotopic (exact) mass is 292 g/mol. The molecule has 0 radical (unpaired) electrons. The quantitative estimate of drug-likeness (QED) is 0.917. The third-order valence-electron chi connectivity index (χ3n) is 3.40. The summed E-state index contributed by atoms with van der Waals surface area (Å²) in [6.45, 7) is 7.51. The van der Waals surface area contributed by atoms with Crippen LogP contribution in [0.2, 0.25) is 0 Å². The topological polar surface area (TPSA) is 67.3 Å². The first-order chi connectivity index (χ1) is 9.89. The average molecular weight is 292 g/mol. The highest BCUT2D eigenvalue weighted by atomic mass is 16.5. The number of piperidine rings is 1. The second kappa shape index (κ2) is 6.28. The van der Waals surface area contributed by atoms with E-state index in [0.717, 1.165) is 19.4 Å². The Hall–Kier alpha value is -1.85. The van der Waals surface area contributed by atoms with Gasteiger partial charge in [-0.2, -0.15) is 4.98 Å². The van der Waals surface area contributed by atoms with Gasteiger partial charge in [-0.05, 0) is 33.6 Å². The lowest BCUT2D eigenvalue weighted by Gasteiger charge is -2.33. The van der Waals surface area contributed by atoms with Crippen molar-refractivity contribution in [3.05, 3.63) is 12.3 Å². The number of nitrogens with one attached hydrogen (secondary N) is 1. The van der Waals surface area contributed by atoms with Crippen molar-refractivity contribution in [2.24, 2.45) is 5.92 Å². The van der Waals surface area contributed by atoms with Crippen LogP contribution in [0.25, 0.3) is 0 Å². The van der Waals surface area contributed by atoms with Crippen molar-refractivity contribution >= 4 is 11.9 Å². The molecule has 1 fully saturated rings. The van der Waals surface area contributed by atoms with Crippen molar-refractivity contribution < 1.29 is 9.53 Å². The van der Waals surface area contributed by atoms with E-state index in [1.807, 2.05) is 20.8 Å². The van der Waals surface area contributed by atoms with Crippen LogP contribution in [0.5, 0.6) is 5.88 Å². The highest BCUT2D eigenvalue weighted by molar-refractivity contribution is 5.80. The maximum absolute atomic E-state index is 12.3. The fourth-order valence-electron chi connectivity index (χ4n) is 2.44. The average Bonchev–Trinajstić information content (AvgIpc) is 2.46. The van der Waals surface area contributed by atoms with Crippen molar-refractivity contribution in [3.63, 3.8) is 0 Å². The summed E-state index contributed by atoms with van der Waals surface area (Å²) in [4.78, 5) is 23.0. The van der Waals surface area contributed by atoms with Crippen molar-refractivity contribution in [2.45, 2.75) is 39.2 Å². The highest BCUT2D eigenvalue weighted by Gasteiger charge is 2.29. The molecule has 1 N–H and O–H groups in total. The molecule has 0 saturated carbocycles. The molecule has 1 atom stereocenters. The molecule has 0 aromatic carbocycles. The van der Waals surface area contributed by atoms with E-state index in [1.54, 1.807) is 19.4 Å². The number of carbonyl (C=O) groups is 1. The van der Waals surface area contributed by atoms with E-state index >= 15 is 0 Å². The molecule has 1 saturated heterocycles. The van der Waals surface area contributed by atoms with Crippen LogP contribution in [0.1, 0.15) is 33.6 Å². The Morgan fingerprint density at radius 3 is 2.90 bits per heavy atom. The number of anilines is 1. The number of hydrogen-bond acceptors (Lipinski definition) is 5. The van der Waals surface area contributed by atoms with Gasteiger partial charge in [0.15, 0.2) is 0 Å². The summed E-state index contributed by atoms with van der Waals surface area (Å²) in [6.07, 6.45) is 3.55. The molecular formula is C15H24N4O2. The van der Waals surface area contributed by atoms with Crippen LogP contribution in [0, 0.1) is 5.92 Å². The zero-order chi connectivity index (χ0) is 15.5. The summed E-state index contributed by atoms with van der Waals surface area (Å²) in [5, 5.41) is 3.05. The zero-order valence-corrected chi connectivity index (χ0v) is 13.2. The number of amides is 1. The first kappa shape index (κ1) is 15.5. The maximum Gasteiger partial charge on any atom is 0.228 e. The fraction of sp³-hybridized carbons (Fsp3) is 0.667. The summed E-state index contributed by atoms with van der Waals surface area (Å²) in [6, 6.07) is 1.72. The molecule has 1 aromatic rings. The standard InChI is InChI=1S/C15H24N4O2/c1-15(2,3)18-13(20)11-6-5-9-19(10-11)14-16-8-7-12(17-14)21-4/h7-8,11H,5-6,9-10H2,1-4H3,(H,18,20). The molecule has 2 rings (SSSR count). The summed E-state index contributed by atoms with van der Waals surface area (Å²) < 4.78 is 5.13. The van der Waals surface area contributed by atoms with Gasteiger partial charge in [-0.3, -0.25) is 4.79 Å². The maximum atomic E-state index is 12.3. The normalized spacial score (nSPS) is 19.2. The molecule has 1 unspecified atom stereocenters. The van der Waals surface area contributed by atoms with Crippen LogP contribution in [0.4, 0.5) is 5.95 Å². The third kappa shape index (κ3) is 4.31. The van der Waals surface area contributed by atoms with E-state index in [4.69, 9.17) is 4.74 Å². The predicted octanol–water partition coefficient (Wildman–Crippen LogP) is 1.62. The van der Waals surface area contributed by atoms with Crippen molar-refractivity contribution in [2.75, 3.05) is 25.1 Å². The Bertz CT molecular complexity index is 499. The third-order valence-corrected chi connectivity index (χ3v) is 3.40. The lowest BCUT2D eigenvalue weighted by atomic mass is 9.96. The molecule has 6 heteroatoms. The van der Waals surface area contributed by atoms with Gasteiger partial charge in [-0.25, -0.2) is 4.98 Å². The highest BCUT2D eigenvalue weighted by Crippen LogP contribution is 2.22. The SMILES string of the molecule is COc1ccnc(N2CCCC(C(=O)NC(C)(C)C)C2)n1. The van der Waals surface area contributed by atoms with Gasteiger partial charge < -0.3 is 15.0 Å². The molecule has 21 heavy (non-hydrogen) atoms. The Morgan fingerprint density at radius 1 is 1.48 bits per heavy atom. The number of carbonyl (C=O) groups excluding carboxylic acids is 1. The molecule has 116 valence electrons. The van der Waals surface area contributed by atoms with Gasteiger partial charge in [-0.15, -0.1) is 0 Å². The minimum Gasteiger partial charge on any atom is -0.481 e. The molecule has 0 aliphatic carbocycles. The summed E-state index contributed by atoms with van der Waals surface area (Å²) >= 11 is 0. The van der Waals surface area contributed by atoms with Gasteiger partial charge in [0, 0.05) is 30.9 Å². The molecule has 1 aromatic heterocycles. The Kier molecular flexibility index (Phi) is 4.65. The molecule has 6 nitrogen and oxygen atoms in total. The zero-order valence-electron chi connectivity index (χ0n) is 13.2. The predicted molar refractivity (Wildman–Crippen MR) is 81.4 cm³/mol. The molecule has 0 spiro atoms. The molecule has 1 aliphatic heterocycles. The Labute approximate surface area is 125 Å². The van der Waals surface area contributed by atoms with Gasteiger partial charge in [0.05, 0.1) is 13.0 Å². The molecular weight excluding hydrogens is 268 g/mol. The lowest BCUT2D eigenvalue weighted by molar-refractivity contribution is -0.126. The summed E-state index contributed by atoms with van der Waals surface area (Å²) in [5.41, 5.74) is -0.203. The minimum atomic E-state index is -0.203. The van der Waals surface area contributed by atoms with Crippen molar-refractivity contribution in [1.82, 2.24) is 15.3 Å². The van der Waals surface area contributed by atoms with E-state index in [0.29, 0.717) is 18.4 Å². The van der Waals surface area contributed by atoms with E-state index in [1.165, 1.54) is 0 Å². The van der Waals surface area contributed by atoms with E-state index in [-0.39, 0.29) is 17.4 Å². The van der Waals surface area contributed by atoms with Crippen molar-refractivity contribution in [3.8, 4) is 5.88 Å². The summed E-state index contributed by atoms with van der Waals surface area (Å²) in [7, 11) is 1.59. The van der Waals surface area contributed by atoms with Gasteiger partial charge in [-0.1, -0.05) is 0 Å². The van der Waals surface area contributed by atoms with Crippen LogP contribution in [-0.2, 0) is 4.79 Å². The van der Waals surface area contributed by atoms with Crippen molar-refractivity contribution in [1.29, 1.82) is 0 Å². The second-order valence-electron chi connectivity index (χ2n) is 6.42. The number of rotatable bonds is 3. The number of ether oxygens (including phenoxy) is 1. The van der Waals surface area contributed by atoms with Gasteiger partial charge in [0.1, 0.15) is 0 Å². The van der Waals surface area contributed by atoms with Crippen LogP contribution in [0.3, 0.4) is 0 Å². The second-order valence-corrected chi connectivity index (χ2v) is 6.42. The number of hydrogen-bond donors (Lipinski definition) is 1. The van der Waals surface area contributed by atoms with Gasteiger partial charge >= 0.3 is 0 Å². The lowest BCUT2D eigenvalue weighted by Crippen LogP contribution is -2.49. The van der Waals surface area contributed by atoms with E-state index in [9.17, 15) is 4.79 Å². The van der Waals surface area contributed by atoms with Crippen LogP contribution < -0.4 is 15.0 Å². The van der Waals surface area contributed by atoms with Crippen LogP contribution in [0.15, 0.2) is 12.3 Å². The molecule has 0 bridgehead atoms. The Balaban J connectivity index is 2.04. The number of methoxy groups -OCH3 is 1. The largest absolute Gasteiger partial charge is 0.481 e. The Morgan fingerprint density at radius 2 is 2.24 bits per heavy atom.